The number of hydrogen-bond acceptors (Lipinski definition) is 5. The third-order valence-electron chi connectivity index (χ3n) is 6.18. The van der Waals surface area contributed by atoms with Gasteiger partial charge in [-0.15, -0.1) is 0 Å². The van der Waals surface area contributed by atoms with Gasteiger partial charge in [-0.3, -0.25) is 19.4 Å². The van der Waals surface area contributed by atoms with Crippen molar-refractivity contribution in [1.82, 2.24) is 24.6 Å². The molecule has 0 atom stereocenters. The van der Waals surface area contributed by atoms with Gasteiger partial charge in [0.1, 0.15) is 0 Å². The van der Waals surface area contributed by atoms with E-state index in [4.69, 9.17) is 9.84 Å². The van der Waals surface area contributed by atoms with Crippen molar-refractivity contribution in [2.24, 2.45) is 0 Å². The molecule has 7 nitrogen and oxygen atoms in total. The van der Waals surface area contributed by atoms with Crippen molar-refractivity contribution in [2.75, 3.05) is 32.8 Å². The van der Waals surface area contributed by atoms with Gasteiger partial charge in [-0.2, -0.15) is 5.10 Å². The number of halogens is 2. The third kappa shape index (κ3) is 4.51. The summed E-state index contributed by atoms with van der Waals surface area (Å²) < 4.78 is 35.2. The van der Waals surface area contributed by atoms with Crippen molar-refractivity contribution in [3.8, 4) is 0 Å². The summed E-state index contributed by atoms with van der Waals surface area (Å²) in [6.07, 6.45) is 2.39. The second kappa shape index (κ2) is 9.36. The molecule has 1 aromatic carbocycles. The standard InChI is InChI=1S/C24H25F2N5O2/c25-20-6-3-4-17(22(20)26)14-29-9-7-21-19(16-29)23(24(32)30-10-12-33-13-11-30)28-31(21)15-18-5-1-2-8-27-18/h1-6,8H,7,9-16H2. The normalized spacial score (nSPS) is 16.6. The summed E-state index contributed by atoms with van der Waals surface area (Å²) in [5.41, 5.74) is 3.43. The van der Waals surface area contributed by atoms with E-state index in [2.05, 4.69) is 4.98 Å². The lowest BCUT2D eigenvalue weighted by molar-refractivity contribution is 0.0297. The van der Waals surface area contributed by atoms with Crippen LogP contribution < -0.4 is 0 Å². The molecule has 0 N–H and O–H groups in total. The van der Waals surface area contributed by atoms with Crippen LogP contribution in [0.5, 0.6) is 0 Å². The Hall–Kier alpha value is -3.17. The zero-order valence-electron chi connectivity index (χ0n) is 18.2. The predicted octanol–water partition coefficient (Wildman–Crippen LogP) is 2.64. The van der Waals surface area contributed by atoms with Gasteiger partial charge < -0.3 is 9.64 Å². The molecule has 2 aliphatic heterocycles. The molecule has 2 aliphatic rings. The van der Waals surface area contributed by atoms with Crippen LogP contribution in [0.25, 0.3) is 0 Å². The molecule has 1 amide bonds. The van der Waals surface area contributed by atoms with Gasteiger partial charge in [-0.05, 0) is 18.2 Å². The van der Waals surface area contributed by atoms with E-state index in [1.54, 1.807) is 17.2 Å². The van der Waals surface area contributed by atoms with Crippen molar-refractivity contribution >= 4 is 5.91 Å². The second-order valence-corrected chi connectivity index (χ2v) is 8.33. The molecule has 33 heavy (non-hydrogen) atoms. The molecule has 0 unspecified atom stereocenters. The van der Waals surface area contributed by atoms with E-state index in [1.807, 2.05) is 27.8 Å². The first-order valence-electron chi connectivity index (χ1n) is 11.1. The van der Waals surface area contributed by atoms with Crippen molar-refractivity contribution in [3.05, 3.63) is 82.4 Å². The SMILES string of the molecule is O=C(c1nn(Cc2ccccn2)c2c1CN(Cc1cccc(F)c1F)CC2)N1CCOCC1. The molecule has 3 aromatic rings. The molecule has 172 valence electrons. The van der Waals surface area contributed by atoms with E-state index in [9.17, 15) is 13.6 Å². The van der Waals surface area contributed by atoms with E-state index in [0.29, 0.717) is 63.6 Å². The van der Waals surface area contributed by atoms with Gasteiger partial charge in [0, 0.05) is 62.2 Å². The minimum absolute atomic E-state index is 0.117. The highest BCUT2D eigenvalue weighted by molar-refractivity contribution is 5.94. The average Bonchev–Trinajstić information content (AvgIpc) is 3.20. The number of benzene rings is 1. The summed E-state index contributed by atoms with van der Waals surface area (Å²) in [5, 5.41) is 4.72. The number of amides is 1. The average molecular weight is 453 g/mol. The van der Waals surface area contributed by atoms with Crippen LogP contribution in [-0.2, 0) is 30.8 Å². The Morgan fingerprint density at radius 2 is 1.88 bits per heavy atom. The van der Waals surface area contributed by atoms with Crippen molar-refractivity contribution in [2.45, 2.75) is 26.1 Å². The minimum Gasteiger partial charge on any atom is -0.378 e. The number of fused-ring (bicyclic) bond motifs is 1. The summed E-state index contributed by atoms with van der Waals surface area (Å²) >= 11 is 0. The Morgan fingerprint density at radius 1 is 1.03 bits per heavy atom. The van der Waals surface area contributed by atoms with E-state index in [1.165, 1.54) is 6.07 Å². The van der Waals surface area contributed by atoms with Crippen LogP contribution in [0.4, 0.5) is 8.78 Å². The molecule has 9 heteroatoms. The number of nitrogens with zero attached hydrogens (tertiary/aromatic N) is 5. The third-order valence-corrected chi connectivity index (χ3v) is 6.18. The number of carbonyl (C=O) groups is 1. The topological polar surface area (TPSA) is 63.5 Å². The number of hydrogen-bond donors (Lipinski definition) is 0. The first kappa shape index (κ1) is 21.7. The molecule has 0 bridgehead atoms. The molecular weight excluding hydrogens is 428 g/mol. The highest BCUT2D eigenvalue weighted by atomic mass is 19.2. The number of aromatic nitrogens is 3. The monoisotopic (exact) mass is 453 g/mol. The fourth-order valence-electron chi connectivity index (χ4n) is 4.46. The fraction of sp³-hybridized carbons (Fsp3) is 0.375. The van der Waals surface area contributed by atoms with Gasteiger partial charge >= 0.3 is 0 Å². The summed E-state index contributed by atoms with van der Waals surface area (Å²) in [7, 11) is 0. The smallest absolute Gasteiger partial charge is 0.274 e. The van der Waals surface area contributed by atoms with Crippen LogP contribution in [0.3, 0.4) is 0 Å². The van der Waals surface area contributed by atoms with E-state index in [-0.39, 0.29) is 12.5 Å². The van der Waals surface area contributed by atoms with Crippen LogP contribution in [0, 0.1) is 11.6 Å². The maximum atomic E-state index is 14.3. The van der Waals surface area contributed by atoms with Crippen LogP contribution >= 0.6 is 0 Å². The highest BCUT2D eigenvalue weighted by Gasteiger charge is 2.31. The molecule has 0 aliphatic carbocycles. The quantitative estimate of drug-likeness (QED) is 0.595. The van der Waals surface area contributed by atoms with Crippen molar-refractivity contribution in [3.63, 3.8) is 0 Å². The van der Waals surface area contributed by atoms with Gasteiger partial charge in [0.2, 0.25) is 0 Å². The zero-order valence-corrected chi connectivity index (χ0v) is 18.2. The van der Waals surface area contributed by atoms with Gasteiger partial charge in [-0.1, -0.05) is 18.2 Å². The Balaban J connectivity index is 1.45. The van der Waals surface area contributed by atoms with Crippen LogP contribution in [-0.4, -0.2) is 63.3 Å². The lowest BCUT2D eigenvalue weighted by Crippen LogP contribution is -2.41. The van der Waals surface area contributed by atoms with E-state index >= 15 is 0 Å². The zero-order chi connectivity index (χ0) is 22.8. The number of ether oxygens (including phenoxy) is 1. The lowest BCUT2D eigenvalue weighted by Gasteiger charge is -2.29. The van der Waals surface area contributed by atoms with E-state index in [0.717, 1.165) is 23.0 Å². The number of rotatable bonds is 5. The van der Waals surface area contributed by atoms with E-state index < -0.39 is 11.6 Å². The van der Waals surface area contributed by atoms with Crippen LogP contribution in [0.2, 0.25) is 0 Å². The van der Waals surface area contributed by atoms with Crippen LogP contribution in [0.1, 0.15) is 33.0 Å². The Bertz CT molecular complexity index is 1150. The number of carbonyl (C=O) groups excluding carboxylic acids is 1. The lowest BCUT2D eigenvalue weighted by atomic mass is 10.0. The summed E-state index contributed by atoms with van der Waals surface area (Å²) in [6, 6.07) is 9.94. The molecular formula is C24H25F2N5O2. The highest BCUT2D eigenvalue weighted by Crippen LogP contribution is 2.26. The molecule has 2 aromatic heterocycles. The molecule has 5 rings (SSSR count). The van der Waals surface area contributed by atoms with Crippen molar-refractivity contribution < 1.29 is 18.3 Å². The van der Waals surface area contributed by atoms with Gasteiger partial charge in [0.25, 0.3) is 5.91 Å². The largest absolute Gasteiger partial charge is 0.378 e. The summed E-state index contributed by atoms with van der Waals surface area (Å²) in [5.74, 6) is -1.79. The minimum atomic E-state index is -0.850. The fourth-order valence-corrected chi connectivity index (χ4v) is 4.46. The van der Waals surface area contributed by atoms with Gasteiger partial charge in [0.15, 0.2) is 17.3 Å². The summed E-state index contributed by atoms with van der Waals surface area (Å²) in [4.78, 5) is 21.5. The molecule has 1 fully saturated rings. The first-order valence-corrected chi connectivity index (χ1v) is 11.1. The second-order valence-electron chi connectivity index (χ2n) is 8.33. The van der Waals surface area contributed by atoms with Crippen LogP contribution in [0.15, 0.2) is 42.6 Å². The first-order chi connectivity index (χ1) is 16.1. The Morgan fingerprint density at radius 3 is 2.67 bits per heavy atom. The number of pyridine rings is 1. The molecule has 0 saturated carbocycles. The molecule has 1 saturated heterocycles. The van der Waals surface area contributed by atoms with Gasteiger partial charge in [-0.25, -0.2) is 8.78 Å². The number of morpholine rings is 1. The van der Waals surface area contributed by atoms with Gasteiger partial charge in [0.05, 0.1) is 25.5 Å². The maximum Gasteiger partial charge on any atom is 0.274 e. The van der Waals surface area contributed by atoms with Crippen molar-refractivity contribution in [1.29, 1.82) is 0 Å². The summed E-state index contributed by atoms with van der Waals surface area (Å²) in [6.45, 7) is 3.90. The molecule has 0 radical (unpaired) electrons. The predicted molar refractivity (Wildman–Crippen MR) is 116 cm³/mol. The molecule has 0 spiro atoms. The Labute approximate surface area is 190 Å². The Kier molecular flexibility index (Phi) is 6.15. The maximum absolute atomic E-state index is 14.3. The molecule has 4 heterocycles.